The van der Waals surface area contributed by atoms with Crippen LogP contribution in [0.25, 0.3) is 16.8 Å². The number of rotatable bonds is 3. The number of ether oxygens (including phenoxy) is 1. The summed E-state index contributed by atoms with van der Waals surface area (Å²) in [5, 5.41) is 13.8. The highest BCUT2D eigenvalue weighted by Gasteiger charge is 2.48. The van der Waals surface area contributed by atoms with Crippen LogP contribution in [0.4, 0.5) is 4.39 Å². The van der Waals surface area contributed by atoms with Gasteiger partial charge >= 0.3 is 0 Å². The third-order valence-corrected chi connectivity index (χ3v) is 5.44. The highest BCUT2D eigenvalue weighted by molar-refractivity contribution is 6.04. The number of aryl methyl sites for hydroxylation is 1. The number of Topliss-reactive ketones (excluding diaryl/α,β-unsaturated/α-hetero) is 1. The van der Waals surface area contributed by atoms with E-state index in [1.54, 1.807) is 43.6 Å². The van der Waals surface area contributed by atoms with Gasteiger partial charge in [-0.05, 0) is 43.2 Å². The van der Waals surface area contributed by atoms with Gasteiger partial charge in [-0.2, -0.15) is 10.4 Å². The summed E-state index contributed by atoms with van der Waals surface area (Å²) in [5.41, 5.74) is 0.208. The van der Waals surface area contributed by atoms with E-state index in [4.69, 9.17) is 4.74 Å². The molecule has 0 N–H and O–H groups in total. The zero-order chi connectivity index (χ0) is 21.7. The zero-order valence-electron chi connectivity index (χ0n) is 17.1. The molecule has 0 saturated carbocycles. The summed E-state index contributed by atoms with van der Waals surface area (Å²) in [6, 6.07) is 6.93. The molecule has 3 aromatic rings. The van der Waals surface area contributed by atoms with Gasteiger partial charge in [0.05, 0.1) is 17.5 Å². The van der Waals surface area contributed by atoms with Crippen molar-refractivity contribution in [2.45, 2.75) is 32.8 Å². The molecule has 30 heavy (non-hydrogen) atoms. The lowest BCUT2D eigenvalue weighted by molar-refractivity contribution is -0.128. The van der Waals surface area contributed by atoms with Crippen molar-refractivity contribution in [3.05, 3.63) is 59.6 Å². The molecule has 1 atom stereocenters. The zero-order valence-corrected chi connectivity index (χ0v) is 17.1. The largest absolute Gasteiger partial charge is 0.368 e. The molecular formula is C22H20FN5O2. The number of pyridine rings is 2. The minimum Gasteiger partial charge on any atom is -0.368 e. The molecular weight excluding hydrogens is 385 g/mol. The molecule has 0 bridgehead atoms. The van der Waals surface area contributed by atoms with E-state index < -0.39 is 16.8 Å². The lowest BCUT2D eigenvalue weighted by Crippen LogP contribution is -2.43. The topological polar surface area (TPSA) is 93.2 Å². The lowest BCUT2D eigenvalue weighted by Gasteiger charge is -2.40. The van der Waals surface area contributed by atoms with Gasteiger partial charge in [-0.3, -0.25) is 9.78 Å². The van der Waals surface area contributed by atoms with E-state index in [2.05, 4.69) is 15.1 Å². The van der Waals surface area contributed by atoms with E-state index >= 15 is 0 Å². The van der Waals surface area contributed by atoms with Crippen LogP contribution in [0, 0.1) is 29.5 Å². The molecule has 0 aromatic carbocycles. The Hall–Kier alpha value is -3.44. The molecule has 0 radical (unpaired) electrons. The SMILES string of the molecule is COC1(c2ncc(F)cc2-c2ccn3nc(C)nc3c2)C=C(C#N)C(=O)C(C)(C)C1. The smallest absolute Gasteiger partial charge is 0.178 e. The molecule has 0 spiro atoms. The Morgan fingerprint density at radius 1 is 1.33 bits per heavy atom. The summed E-state index contributed by atoms with van der Waals surface area (Å²) >= 11 is 0. The van der Waals surface area contributed by atoms with Crippen LogP contribution in [-0.4, -0.2) is 32.5 Å². The Kier molecular flexibility index (Phi) is 4.51. The summed E-state index contributed by atoms with van der Waals surface area (Å²) < 4.78 is 21.8. The predicted molar refractivity (Wildman–Crippen MR) is 107 cm³/mol. The van der Waals surface area contributed by atoms with Crippen molar-refractivity contribution in [1.29, 1.82) is 5.26 Å². The molecule has 4 rings (SSSR count). The van der Waals surface area contributed by atoms with Gasteiger partial charge in [0, 0.05) is 24.3 Å². The van der Waals surface area contributed by atoms with Crippen LogP contribution in [-0.2, 0) is 15.1 Å². The quantitative estimate of drug-likeness (QED) is 0.662. The molecule has 7 nitrogen and oxygen atoms in total. The van der Waals surface area contributed by atoms with E-state index in [9.17, 15) is 14.4 Å². The standard InChI is InChI=1S/C22H20FN5O2/c1-13-26-18-7-14(5-6-28(18)27-13)17-8-16(23)11-25-19(17)22(30-4)9-15(10-24)20(29)21(2,3)12-22/h5-9,11H,12H2,1-4H3. The van der Waals surface area contributed by atoms with Crippen LogP contribution >= 0.6 is 0 Å². The van der Waals surface area contributed by atoms with E-state index in [0.29, 0.717) is 28.3 Å². The fraction of sp³-hybridized carbons (Fsp3) is 0.318. The second kappa shape index (κ2) is 6.82. The number of carbonyl (C=O) groups excluding carboxylic acids is 1. The number of aromatic nitrogens is 4. The van der Waals surface area contributed by atoms with Gasteiger partial charge in [0.2, 0.25) is 0 Å². The number of nitriles is 1. The number of carbonyl (C=O) groups is 1. The van der Waals surface area contributed by atoms with Crippen LogP contribution < -0.4 is 0 Å². The molecule has 3 heterocycles. The van der Waals surface area contributed by atoms with Gasteiger partial charge in [-0.25, -0.2) is 13.9 Å². The fourth-order valence-corrected chi connectivity index (χ4v) is 4.07. The molecule has 0 fully saturated rings. The average Bonchev–Trinajstić information content (AvgIpc) is 3.09. The summed E-state index contributed by atoms with van der Waals surface area (Å²) in [5.74, 6) is -0.137. The fourth-order valence-electron chi connectivity index (χ4n) is 4.07. The van der Waals surface area contributed by atoms with Gasteiger partial charge in [-0.15, -0.1) is 0 Å². The van der Waals surface area contributed by atoms with Crippen molar-refractivity contribution in [3.8, 4) is 17.2 Å². The number of methoxy groups -OCH3 is 1. The van der Waals surface area contributed by atoms with Gasteiger partial charge < -0.3 is 4.74 Å². The minimum atomic E-state index is -1.17. The maximum absolute atomic E-state index is 14.2. The second-order valence-corrected chi connectivity index (χ2v) is 8.08. The Balaban J connectivity index is 1.98. The summed E-state index contributed by atoms with van der Waals surface area (Å²) in [4.78, 5) is 21.4. The number of allylic oxidation sites excluding steroid dienone is 1. The summed E-state index contributed by atoms with van der Waals surface area (Å²) in [7, 11) is 1.50. The highest BCUT2D eigenvalue weighted by Crippen LogP contribution is 2.47. The van der Waals surface area contributed by atoms with Crippen LogP contribution in [0.1, 0.15) is 31.8 Å². The van der Waals surface area contributed by atoms with Crippen molar-refractivity contribution < 1.29 is 13.9 Å². The number of hydrogen-bond donors (Lipinski definition) is 0. The molecule has 1 aliphatic rings. The Bertz CT molecular complexity index is 1250. The average molecular weight is 405 g/mol. The van der Waals surface area contributed by atoms with Crippen molar-refractivity contribution in [1.82, 2.24) is 19.6 Å². The van der Waals surface area contributed by atoms with Crippen LogP contribution in [0.5, 0.6) is 0 Å². The number of fused-ring (bicyclic) bond motifs is 1. The van der Waals surface area contributed by atoms with Crippen LogP contribution in [0.2, 0.25) is 0 Å². The van der Waals surface area contributed by atoms with Crippen LogP contribution in [0.15, 0.2) is 42.2 Å². The van der Waals surface area contributed by atoms with E-state index in [1.807, 2.05) is 6.07 Å². The molecule has 1 unspecified atom stereocenters. The molecule has 3 aromatic heterocycles. The normalized spacial score (nSPS) is 20.8. The monoisotopic (exact) mass is 405 g/mol. The molecule has 152 valence electrons. The van der Waals surface area contributed by atoms with E-state index in [-0.39, 0.29) is 17.8 Å². The third kappa shape index (κ3) is 3.08. The van der Waals surface area contributed by atoms with E-state index in [0.717, 1.165) is 6.20 Å². The summed E-state index contributed by atoms with van der Waals surface area (Å²) in [6.07, 6.45) is 4.62. The van der Waals surface area contributed by atoms with Crippen molar-refractivity contribution in [3.63, 3.8) is 0 Å². The maximum atomic E-state index is 14.2. The van der Waals surface area contributed by atoms with Gasteiger partial charge in [0.15, 0.2) is 11.4 Å². The number of hydrogen-bond acceptors (Lipinski definition) is 6. The predicted octanol–water partition coefficient (Wildman–Crippen LogP) is 3.53. The maximum Gasteiger partial charge on any atom is 0.178 e. The second-order valence-electron chi connectivity index (χ2n) is 8.08. The third-order valence-electron chi connectivity index (χ3n) is 5.44. The number of halogens is 1. The first-order valence-corrected chi connectivity index (χ1v) is 9.41. The van der Waals surface area contributed by atoms with E-state index in [1.165, 1.54) is 19.3 Å². The van der Waals surface area contributed by atoms with Gasteiger partial charge in [0.25, 0.3) is 0 Å². The molecule has 0 saturated heterocycles. The number of nitrogens with zero attached hydrogens (tertiary/aromatic N) is 5. The Labute approximate surface area is 172 Å². The first-order valence-electron chi connectivity index (χ1n) is 9.41. The first-order chi connectivity index (χ1) is 14.2. The lowest BCUT2D eigenvalue weighted by atomic mass is 9.68. The molecule has 1 aliphatic carbocycles. The van der Waals surface area contributed by atoms with Crippen LogP contribution in [0.3, 0.4) is 0 Å². The number of ketones is 1. The van der Waals surface area contributed by atoms with Crippen molar-refractivity contribution in [2.24, 2.45) is 5.41 Å². The molecule has 8 heteroatoms. The minimum absolute atomic E-state index is 0.00806. The van der Waals surface area contributed by atoms with Gasteiger partial charge in [-0.1, -0.05) is 13.8 Å². The molecule has 0 aliphatic heterocycles. The summed E-state index contributed by atoms with van der Waals surface area (Å²) in [6.45, 7) is 5.32. The van der Waals surface area contributed by atoms with Gasteiger partial charge in [0.1, 0.15) is 23.3 Å². The molecule has 0 amide bonds. The van der Waals surface area contributed by atoms with Crippen molar-refractivity contribution >= 4 is 11.4 Å². The Morgan fingerprint density at radius 3 is 2.80 bits per heavy atom. The highest BCUT2D eigenvalue weighted by atomic mass is 19.1. The Morgan fingerprint density at radius 2 is 2.10 bits per heavy atom. The van der Waals surface area contributed by atoms with Crippen molar-refractivity contribution in [2.75, 3.05) is 7.11 Å². The first kappa shape index (κ1) is 19.9.